The highest BCUT2D eigenvalue weighted by Gasteiger charge is 2.29. The van der Waals surface area contributed by atoms with E-state index in [2.05, 4.69) is 20.8 Å². The average molecular weight is 467 g/mol. The molecule has 1 aromatic rings. The first-order chi connectivity index (χ1) is 15.5. The van der Waals surface area contributed by atoms with E-state index >= 15 is 0 Å². The number of H-pyrrole nitrogens is 1. The largest absolute Gasteiger partial charge is 0.444 e. The van der Waals surface area contributed by atoms with E-state index in [4.69, 9.17) is 15.2 Å². The smallest absolute Gasteiger partial charge is 0.407 e. The molecule has 0 radical (unpaired) electrons. The number of nitrogens with one attached hydrogen (secondary N) is 3. The van der Waals surface area contributed by atoms with Gasteiger partial charge in [-0.15, -0.1) is 0 Å². The van der Waals surface area contributed by atoms with Gasteiger partial charge >= 0.3 is 6.09 Å². The average Bonchev–Trinajstić information content (AvgIpc) is 3.18. The molecule has 0 saturated carbocycles. The zero-order chi connectivity index (χ0) is 24.4. The van der Waals surface area contributed by atoms with Gasteiger partial charge in [0.1, 0.15) is 12.2 Å². The van der Waals surface area contributed by atoms with E-state index in [9.17, 15) is 19.2 Å². The number of hydrogen-bond donors (Lipinski definition) is 4. The predicted molar refractivity (Wildman–Crippen MR) is 119 cm³/mol. The standard InChI is InChI=1S/C21H34N6O6/c1-21(2,3)33-20(31)23-9-11-32-13-18(29)24-17-12-14(25-26-17)15-6-4-5-10-27(15)19(30)8-7-16(22)28/h12,15H,4-11,13H2,1-3H3,(H2,22,28)(H,23,31)(H2,24,25,26,29)/t15-/m1/s1. The van der Waals surface area contributed by atoms with Gasteiger partial charge in [-0.3, -0.25) is 19.5 Å². The molecule has 12 nitrogen and oxygen atoms in total. The molecule has 12 heteroatoms. The number of nitrogens with two attached hydrogens (primary N) is 1. The molecule has 5 N–H and O–H groups in total. The Morgan fingerprint density at radius 1 is 1.24 bits per heavy atom. The molecule has 0 unspecified atom stereocenters. The summed E-state index contributed by atoms with van der Waals surface area (Å²) in [6.45, 7) is 6.02. The number of hydrogen-bond acceptors (Lipinski definition) is 7. The number of alkyl carbamates (subject to hydrolysis) is 1. The topological polar surface area (TPSA) is 169 Å². The molecule has 1 atom stereocenters. The first-order valence-electron chi connectivity index (χ1n) is 11.0. The van der Waals surface area contributed by atoms with Crippen LogP contribution < -0.4 is 16.4 Å². The molecular formula is C21H34N6O6. The summed E-state index contributed by atoms with van der Waals surface area (Å²) in [5.41, 5.74) is 5.28. The van der Waals surface area contributed by atoms with Gasteiger partial charge in [-0.2, -0.15) is 5.10 Å². The zero-order valence-corrected chi connectivity index (χ0v) is 19.4. The molecule has 33 heavy (non-hydrogen) atoms. The number of likely N-dealkylation sites (tertiary alicyclic amines) is 1. The summed E-state index contributed by atoms with van der Waals surface area (Å²) in [6.07, 6.45) is 2.13. The van der Waals surface area contributed by atoms with Crippen LogP contribution in [0.5, 0.6) is 0 Å². The van der Waals surface area contributed by atoms with Crippen molar-refractivity contribution in [1.29, 1.82) is 0 Å². The molecule has 1 saturated heterocycles. The third kappa shape index (κ3) is 9.48. The summed E-state index contributed by atoms with van der Waals surface area (Å²) in [4.78, 5) is 48.9. The van der Waals surface area contributed by atoms with E-state index in [0.717, 1.165) is 19.3 Å². The van der Waals surface area contributed by atoms with E-state index < -0.39 is 23.5 Å². The lowest BCUT2D eigenvalue weighted by Crippen LogP contribution is -2.39. The van der Waals surface area contributed by atoms with Crippen LogP contribution in [0.2, 0.25) is 0 Å². The SMILES string of the molecule is CC(C)(C)OC(=O)NCCOCC(=O)Nc1cc([C@H]2CCCCN2C(=O)CCC(N)=O)[nH]n1. The van der Waals surface area contributed by atoms with E-state index in [0.29, 0.717) is 18.1 Å². The lowest BCUT2D eigenvalue weighted by Gasteiger charge is -2.35. The number of rotatable bonds is 10. The fourth-order valence-corrected chi connectivity index (χ4v) is 3.38. The van der Waals surface area contributed by atoms with Gasteiger partial charge in [0.25, 0.3) is 5.91 Å². The van der Waals surface area contributed by atoms with E-state index in [1.807, 2.05) is 0 Å². The number of ether oxygens (including phenoxy) is 2. The molecule has 0 bridgehead atoms. The van der Waals surface area contributed by atoms with Crippen LogP contribution in [0, 0.1) is 0 Å². The third-order valence-electron chi connectivity index (χ3n) is 4.78. The second-order valence-electron chi connectivity index (χ2n) is 8.80. The number of primary amides is 1. The van der Waals surface area contributed by atoms with Gasteiger partial charge < -0.3 is 30.7 Å². The van der Waals surface area contributed by atoms with Crippen LogP contribution >= 0.6 is 0 Å². The number of aromatic nitrogens is 2. The quantitative estimate of drug-likeness (QED) is 0.376. The van der Waals surface area contributed by atoms with Crippen molar-refractivity contribution in [2.75, 3.05) is 31.6 Å². The molecule has 1 aliphatic heterocycles. The van der Waals surface area contributed by atoms with Gasteiger partial charge in [-0.05, 0) is 40.0 Å². The summed E-state index contributed by atoms with van der Waals surface area (Å²) < 4.78 is 10.4. The van der Waals surface area contributed by atoms with Crippen molar-refractivity contribution in [3.63, 3.8) is 0 Å². The Morgan fingerprint density at radius 2 is 2.00 bits per heavy atom. The fraction of sp³-hybridized carbons (Fsp3) is 0.667. The van der Waals surface area contributed by atoms with Crippen LogP contribution in [0.25, 0.3) is 0 Å². The summed E-state index contributed by atoms with van der Waals surface area (Å²) in [7, 11) is 0. The maximum Gasteiger partial charge on any atom is 0.407 e. The monoisotopic (exact) mass is 466 g/mol. The Bertz CT molecular complexity index is 833. The van der Waals surface area contributed by atoms with Gasteiger partial charge in [-0.25, -0.2) is 4.79 Å². The molecule has 1 fully saturated rings. The second kappa shape index (κ2) is 12.2. The number of amides is 4. The Balaban J connectivity index is 1.77. The predicted octanol–water partition coefficient (Wildman–Crippen LogP) is 1.21. The first-order valence-corrected chi connectivity index (χ1v) is 11.0. The zero-order valence-electron chi connectivity index (χ0n) is 19.4. The fourth-order valence-electron chi connectivity index (χ4n) is 3.38. The molecule has 1 aliphatic rings. The van der Waals surface area contributed by atoms with Crippen LogP contribution in [0.1, 0.15) is 64.6 Å². The molecule has 2 rings (SSSR count). The molecule has 1 aromatic heterocycles. The number of carbonyl (C=O) groups is 4. The van der Waals surface area contributed by atoms with Gasteiger partial charge in [0, 0.05) is 32.0 Å². The van der Waals surface area contributed by atoms with Crippen LogP contribution in [0.4, 0.5) is 10.6 Å². The minimum atomic E-state index is -0.585. The highest BCUT2D eigenvalue weighted by atomic mass is 16.6. The van der Waals surface area contributed by atoms with Crippen LogP contribution in [-0.4, -0.2) is 70.8 Å². The van der Waals surface area contributed by atoms with Crippen molar-refractivity contribution in [3.05, 3.63) is 11.8 Å². The molecule has 2 heterocycles. The minimum absolute atomic E-state index is 0.0135. The van der Waals surface area contributed by atoms with Crippen molar-refractivity contribution >= 4 is 29.6 Å². The Hall–Kier alpha value is -3.15. The number of carbonyl (C=O) groups excluding carboxylic acids is 4. The highest BCUT2D eigenvalue weighted by Crippen LogP contribution is 2.31. The molecule has 0 aliphatic carbocycles. The van der Waals surface area contributed by atoms with Crippen molar-refractivity contribution in [2.45, 2.75) is 64.5 Å². The van der Waals surface area contributed by atoms with Crippen LogP contribution in [0.3, 0.4) is 0 Å². The summed E-state index contributed by atoms with van der Waals surface area (Å²) in [5.74, 6) is -0.720. The van der Waals surface area contributed by atoms with Crippen molar-refractivity contribution in [2.24, 2.45) is 5.73 Å². The first kappa shape index (κ1) is 26.1. The van der Waals surface area contributed by atoms with Crippen molar-refractivity contribution in [1.82, 2.24) is 20.4 Å². The Kier molecular flexibility index (Phi) is 9.64. The molecule has 0 spiro atoms. The maximum atomic E-state index is 12.5. The van der Waals surface area contributed by atoms with Gasteiger partial charge in [-0.1, -0.05) is 0 Å². The molecule has 184 valence electrons. The van der Waals surface area contributed by atoms with Gasteiger partial charge in [0.05, 0.1) is 18.3 Å². The van der Waals surface area contributed by atoms with Crippen LogP contribution in [0.15, 0.2) is 6.07 Å². The van der Waals surface area contributed by atoms with Crippen molar-refractivity contribution in [3.8, 4) is 0 Å². The lowest BCUT2D eigenvalue weighted by molar-refractivity contribution is -0.136. The van der Waals surface area contributed by atoms with Gasteiger partial charge in [0.2, 0.25) is 11.8 Å². The Labute approximate surface area is 192 Å². The van der Waals surface area contributed by atoms with Crippen LogP contribution in [-0.2, 0) is 23.9 Å². The lowest BCUT2D eigenvalue weighted by atomic mass is 9.98. The molecule has 0 aromatic carbocycles. The van der Waals surface area contributed by atoms with E-state index in [-0.39, 0.29) is 44.5 Å². The van der Waals surface area contributed by atoms with E-state index in [1.165, 1.54) is 0 Å². The highest BCUT2D eigenvalue weighted by molar-refractivity contribution is 5.90. The molecule has 4 amide bonds. The Morgan fingerprint density at radius 3 is 2.70 bits per heavy atom. The normalized spacial score (nSPS) is 16.2. The van der Waals surface area contributed by atoms with Crippen molar-refractivity contribution < 1.29 is 28.7 Å². The number of anilines is 1. The van der Waals surface area contributed by atoms with E-state index in [1.54, 1.807) is 31.7 Å². The number of aromatic amines is 1. The maximum absolute atomic E-state index is 12.5. The number of nitrogens with zero attached hydrogens (tertiary/aromatic N) is 2. The van der Waals surface area contributed by atoms with Gasteiger partial charge in [0.15, 0.2) is 5.82 Å². The second-order valence-corrected chi connectivity index (χ2v) is 8.80. The minimum Gasteiger partial charge on any atom is -0.444 e. The summed E-state index contributed by atoms with van der Waals surface area (Å²) in [6, 6.07) is 1.49. The number of piperidine rings is 1. The summed E-state index contributed by atoms with van der Waals surface area (Å²) in [5, 5.41) is 12.2. The summed E-state index contributed by atoms with van der Waals surface area (Å²) >= 11 is 0. The molecular weight excluding hydrogens is 432 g/mol. The third-order valence-corrected chi connectivity index (χ3v) is 4.78.